The Labute approximate surface area is 377 Å². The zero-order valence-electron chi connectivity index (χ0n) is 34.1. The number of halogens is 3. The highest BCUT2D eigenvalue weighted by atomic mass is 79.9. The van der Waals surface area contributed by atoms with Gasteiger partial charge in [-0.25, -0.2) is 19.9 Å². The summed E-state index contributed by atoms with van der Waals surface area (Å²) in [5.74, 6) is 1.04. The molecule has 4 aromatic heterocycles. The molecule has 0 bridgehead atoms. The van der Waals surface area contributed by atoms with Crippen LogP contribution in [0.1, 0.15) is 54.4 Å². The molecule has 4 N–H and O–H groups in total. The Morgan fingerprint density at radius 1 is 0.633 bits per heavy atom. The maximum atomic E-state index is 6.20. The third kappa shape index (κ3) is 10.2. The predicted octanol–water partition coefficient (Wildman–Crippen LogP) is 12.3. The van der Waals surface area contributed by atoms with Crippen molar-refractivity contribution in [2.75, 3.05) is 11.5 Å². The average Bonchev–Trinajstić information content (AvgIpc) is 3.85. The smallest absolute Gasteiger partial charge is 0.399 e. The van der Waals surface area contributed by atoms with Gasteiger partial charge in [0.15, 0.2) is 0 Å². The van der Waals surface area contributed by atoms with Gasteiger partial charge in [-0.2, -0.15) is 0 Å². The van der Waals surface area contributed by atoms with Crippen molar-refractivity contribution in [3.8, 4) is 22.3 Å². The number of aryl methyl sites for hydroxylation is 2. The van der Waals surface area contributed by atoms with Gasteiger partial charge in [-0.3, -0.25) is 0 Å². The summed E-state index contributed by atoms with van der Waals surface area (Å²) in [5, 5.41) is 4.47. The van der Waals surface area contributed by atoms with E-state index in [1.807, 2.05) is 102 Å². The lowest BCUT2D eigenvalue weighted by atomic mass is 9.80. The highest BCUT2D eigenvalue weighted by Gasteiger charge is 2.51. The summed E-state index contributed by atoms with van der Waals surface area (Å²) >= 11 is 19.3. The normalized spacial score (nSPS) is 14.1. The SMILES string of the molecule is CC1(C)OB(c2ccc(N)nc2)OC1(C)C.Cc1nc2c(-c3cccc(Cl)c3)cc(CBr)cc2s1.Cc1nc2c(-c3cccc(Cl)c3)cc(Cc3ccc(N)nc3)cc2s1. The van der Waals surface area contributed by atoms with E-state index < -0.39 is 0 Å². The number of alkyl halides is 1. The quantitative estimate of drug-likeness (QED) is 0.125. The first-order valence-electron chi connectivity index (χ1n) is 19.2. The van der Waals surface area contributed by atoms with E-state index in [9.17, 15) is 0 Å². The molecule has 0 amide bonds. The summed E-state index contributed by atoms with van der Waals surface area (Å²) in [4.78, 5) is 17.6. The van der Waals surface area contributed by atoms with Crippen LogP contribution in [0.5, 0.6) is 0 Å². The van der Waals surface area contributed by atoms with Gasteiger partial charge in [-0.15, -0.1) is 22.7 Å². The molecule has 8 nitrogen and oxygen atoms in total. The minimum Gasteiger partial charge on any atom is -0.399 e. The molecule has 9 rings (SSSR count). The summed E-state index contributed by atoms with van der Waals surface area (Å²) in [6.45, 7) is 12.2. The van der Waals surface area contributed by atoms with Gasteiger partial charge < -0.3 is 20.8 Å². The van der Waals surface area contributed by atoms with Crippen molar-refractivity contribution in [2.24, 2.45) is 0 Å². The van der Waals surface area contributed by atoms with Crippen LogP contribution < -0.4 is 16.9 Å². The molecule has 60 heavy (non-hydrogen) atoms. The molecule has 8 aromatic rings. The lowest BCUT2D eigenvalue weighted by Gasteiger charge is -2.32. The van der Waals surface area contributed by atoms with E-state index in [0.29, 0.717) is 11.6 Å². The zero-order valence-corrected chi connectivity index (χ0v) is 38.8. The van der Waals surface area contributed by atoms with Crippen LogP contribution in [0.15, 0.2) is 109 Å². The molecule has 1 fully saturated rings. The van der Waals surface area contributed by atoms with Crippen LogP contribution in [0.4, 0.5) is 11.6 Å². The average molecular weight is 939 g/mol. The number of fused-ring (bicyclic) bond motifs is 2. The Kier molecular flexibility index (Phi) is 13.3. The fourth-order valence-electron chi connectivity index (χ4n) is 6.64. The number of rotatable bonds is 6. The van der Waals surface area contributed by atoms with Crippen LogP contribution in [-0.2, 0) is 21.1 Å². The second-order valence-electron chi connectivity index (χ2n) is 15.5. The molecule has 0 aliphatic carbocycles. The second-order valence-corrected chi connectivity index (χ2v) is 19.4. The summed E-state index contributed by atoms with van der Waals surface area (Å²) < 4.78 is 14.2. The van der Waals surface area contributed by atoms with Crippen molar-refractivity contribution in [1.82, 2.24) is 19.9 Å². The van der Waals surface area contributed by atoms with Gasteiger partial charge in [0.05, 0.1) is 41.7 Å². The minimum absolute atomic E-state index is 0.320. The topological polar surface area (TPSA) is 122 Å². The van der Waals surface area contributed by atoms with E-state index in [0.717, 1.165) is 76.1 Å². The number of nitrogens with zero attached hydrogens (tertiary/aromatic N) is 4. The van der Waals surface area contributed by atoms with E-state index in [2.05, 4.69) is 67.3 Å². The highest BCUT2D eigenvalue weighted by molar-refractivity contribution is 9.08. The van der Waals surface area contributed by atoms with E-state index in [4.69, 9.17) is 49.0 Å². The number of benzene rings is 4. The number of anilines is 2. The lowest BCUT2D eigenvalue weighted by molar-refractivity contribution is 0.00578. The van der Waals surface area contributed by atoms with E-state index >= 15 is 0 Å². The monoisotopic (exact) mass is 936 g/mol. The van der Waals surface area contributed by atoms with Gasteiger partial charge in [0, 0.05) is 44.4 Å². The molecule has 1 aliphatic heterocycles. The maximum absolute atomic E-state index is 6.20. The molecule has 306 valence electrons. The minimum atomic E-state index is -0.363. The Hall–Kier alpha value is -4.40. The number of nitrogen functional groups attached to an aromatic ring is 2. The van der Waals surface area contributed by atoms with Crippen LogP contribution in [0.3, 0.4) is 0 Å². The summed E-state index contributed by atoms with van der Waals surface area (Å²) in [5.41, 5.74) is 21.6. The molecule has 0 saturated carbocycles. The Bertz CT molecular complexity index is 2760. The Morgan fingerprint density at radius 3 is 1.60 bits per heavy atom. The van der Waals surface area contributed by atoms with Crippen molar-refractivity contribution in [3.63, 3.8) is 0 Å². The van der Waals surface area contributed by atoms with Crippen molar-refractivity contribution < 1.29 is 9.31 Å². The fourth-order valence-corrected chi connectivity index (χ4v) is 9.18. The first-order valence-corrected chi connectivity index (χ1v) is 22.7. The number of aromatic nitrogens is 4. The van der Waals surface area contributed by atoms with Gasteiger partial charge >= 0.3 is 7.12 Å². The molecule has 0 unspecified atom stereocenters. The standard InChI is InChI=1S/C20H16ClN3S.C15H11BrClNS.C11H17BN2O2/c1-12-24-20-17(15-3-2-4-16(21)10-15)8-14(9-18(20)25-12)7-13-5-6-19(22)23-11-13;1-9-18-15-13(11-3-2-4-12(17)7-11)5-10(8-16)6-14(15)19-9;1-10(2)11(3,4)16-12(15-10)8-5-6-9(13)14-7-8/h2-6,8-11H,7H2,1H3,(H2,22,23);2-7H,8H2,1H3;5-7H,1-4H3,(H2,13,14). The predicted molar refractivity (Wildman–Crippen MR) is 258 cm³/mol. The molecule has 1 saturated heterocycles. The molecule has 0 spiro atoms. The lowest BCUT2D eigenvalue weighted by Crippen LogP contribution is -2.41. The van der Waals surface area contributed by atoms with Crippen molar-refractivity contribution in [3.05, 3.63) is 146 Å². The molecule has 1 aliphatic rings. The third-order valence-corrected chi connectivity index (χ3v) is 13.3. The van der Waals surface area contributed by atoms with E-state index in [1.54, 1.807) is 34.9 Å². The Morgan fingerprint density at radius 2 is 1.13 bits per heavy atom. The first-order chi connectivity index (χ1) is 28.6. The van der Waals surface area contributed by atoms with Gasteiger partial charge in [0.2, 0.25) is 0 Å². The van der Waals surface area contributed by atoms with Gasteiger partial charge in [0.25, 0.3) is 0 Å². The van der Waals surface area contributed by atoms with Gasteiger partial charge in [-0.1, -0.05) is 75.5 Å². The molecule has 4 aromatic carbocycles. The summed E-state index contributed by atoms with van der Waals surface area (Å²) in [7, 11) is -0.363. The fraction of sp³-hybridized carbons (Fsp3) is 0.217. The molecule has 0 atom stereocenters. The maximum Gasteiger partial charge on any atom is 0.496 e. The molecule has 14 heteroatoms. The zero-order chi connectivity index (χ0) is 42.8. The third-order valence-electron chi connectivity index (χ3n) is 10.3. The number of hydrogen-bond acceptors (Lipinski definition) is 10. The molecule has 5 heterocycles. The van der Waals surface area contributed by atoms with Crippen LogP contribution in [0.2, 0.25) is 10.0 Å². The van der Waals surface area contributed by atoms with Gasteiger partial charge in [0.1, 0.15) is 11.6 Å². The first kappa shape index (κ1) is 43.7. The van der Waals surface area contributed by atoms with Crippen LogP contribution in [-0.4, -0.2) is 38.3 Å². The summed E-state index contributed by atoms with van der Waals surface area (Å²) in [6.07, 6.45) is 4.32. The van der Waals surface area contributed by atoms with E-state index in [-0.39, 0.29) is 18.3 Å². The number of nitrogens with two attached hydrogens (primary N) is 2. The van der Waals surface area contributed by atoms with Crippen molar-refractivity contribution in [2.45, 2.75) is 64.5 Å². The molecular formula is C46H44BBrCl2N6O2S2. The summed E-state index contributed by atoms with van der Waals surface area (Å²) in [6, 6.07) is 32.1. The number of hydrogen-bond donors (Lipinski definition) is 2. The Balaban J connectivity index is 0.000000140. The van der Waals surface area contributed by atoms with Crippen LogP contribution in [0, 0.1) is 13.8 Å². The number of thiazole rings is 2. The second kappa shape index (κ2) is 18.3. The highest BCUT2D eigenvalue weighted by Crippen LogP contribution is 2.38. The van der Waals surface area contributed by atoms with Crippen LogP contribution in [0.25, 0.3) is 42.7 Å². The molecular weight excluding hydrogens is 894 g/mol. The van der Waals surface area contributed by atoms with Gasteiger partial charge in [-0.05, 0) is 136 Å². The largest absolute Gasteiger partial charge is 0.496 e. The van der Waals surface area contributed by atoms with Crippen molar-refractivity contribution >= 4 is 106 Å². The van der Waals surface area contributed by atoms with Crippen LogP contribution >= 0.6 is 61.8 Å². The van der Waals surface area contributed by atoms with Crippen molar-refractivity contribution in [1.29, 1.82) is 0 Å². The van der Waals surface area contributed by atoms with E-state index in [1.165, 1.54) is 20.5 Å². The molecule has 0 radical (unpaired) electrons. The number of pyridine rings is 2.